The molecule has 0 unspecified atom stereocenters. The molecule has 0 fully saturated rings. The second kappa shape index (κ2) is 4.36. The third kappa shape index (κ3) is 2.55. The Bertz CT molecular complexity index is 638. The molecule has 0 saturated heterocycles. The number of sulfone groups is 1. The maximum Gasteiger partial charge on any atom is 0.207 e. The molecule has 100 valence electrons. The molecule has 19 heavy (non-hydrogen) atoms. The van der Waals surface area contributed by atoms with Crippen molar-refractivity contribution in [3.8, 4) is 23.0 Å². The summed E-state index contributed by atoms with van der Waals surface area (Å²) < 4.78 is 24.4. The Kier molecular flexibility index (Phi) is 2.99. The second-order valence-electron chi connectivity index (χ2n) is 3.87. The summed E-state index contributed by atoms with van der Waals surface area (Å²) >= 11 is 0. The molecule has 4 N–H and O–H groups in total. The summed E-state index contributed by atoms with van der Waals surface area (Å²) in [6, 6.07) is 5.79. The van der Waals surface area contributed by atoms with Crippen LogP contribution in [0.3, 0.4) is 0 Å². The lowest BCUT2D eigenvalue weighted by atomic mass is 10.3. The maximum absolute atomic E-state index is 12.2. The van der Waals surface area contributed by atoms with Crippen molar-refractivity contribution in [3.63, 3.8) is 0 Å². The number of rotatable bonds is 2. The smallest absolute Gasteiger partial charge is 0.207 e. The predicted octanol–water partition coefficient (Wildman–Crippen LogP) is 1.34. The molecule has 0 spiro atoms. The van der Waals surface area contributed by atoms with E-state index in [0.717, 1.165) is 36.4 Å². The van der Waals surface area contributed by atoms with Crippen LogP contribution in [0, 0.1) is 0 Å². The zero-order chi connectivity index (χ0) is 14.2. The van der Waals surface area contributed by atoms with Crippen molar-refractivity contribution in [2.75, 3.05) is 0 Å². The highest BCUT2D eigenvalue weighted by molar-refractivity contribution is 7.91. The van der Waals surface area contributed by atoms with E-state index in [-0.39, 0.29) is 9.79 Å². The third-order valence-electron chi connectivity index (χ3n) is 2.37. The minimum Gasteiger partial charge on any atom is -0.508 e. The monoisotopic (exact) mass is 282 g/mol. The molecule has 0 saturated carbocycles. The molecule has 0 bridgehead atoms. The van der Waals surface area contributed by atoms with Gasteiger partial charge in [-0.3, -0.25) is 0 Å². The van der Waals surface area contributed by atoms with E-state index in [1.54, 1.807) is 0 Å². The van der Waals surface area contributed by atoms with Crippen molar-refractivity contribution in [1.29, 1.82) is 0 Å². The summed E-state index contributed by atoms with van der Waals surface area (Å²) in [6.07, 6.45) is 0. The van der Waals surface area contributed by atoms with Crippen LogP contribution in [0.1, 0.15) is 0 Å². The van der Waals surface area contributed by atoms with Crippen LogP contribution in [0.25, 0.3) is 0 Å². The fourth-order valence-electron chi connectivity index (χ4n) is 1.58. The molecule has 0 heterocycles. The first-order chi connectivity index (χ1) is 8.79. The minimum absolute atomic E-state index is 0.352. The number of benzene rings is 2. The van der Waals surface area contributed by atoms with Gasteiger partial charge in [0.15, 0.2) is 0 Å². The lowest BCUT2D eigenvalue weighted by Crippen LogP contribution is -2.01. The van der Waals surface area contributed by atoms with Gasteiger partial charge in [-0.15, -0.1) is 0 Å². The summed E-state index contributed by atoms with van der Waals surface area (Å²) in [7, 11) is -4.07. The highest BCUT2D eigenvalue weighted by Crippen LogP contribution is 2.31. The Morgan fingerprint density at radius 2 is 0.842 bits per heavy atom. The van der Waals surface area contributed by atoms with Gasteiger partial charge < -0.3 is 20.4 Å². The maximum atomic E-state index is 12.2. The van der Waals surface area contributed by atoms with Gasteiger partial charge in [-0.2, -0.15) is 0 Å². The highest BCUT2D eigenvalue weighted by Gasteiger charge is 2.20. The Labute approximate surface area is 108 Å². The molecular formula is C12H10O6S. The van der Waals surface area contributed by atoms with Gasteiger partial charge in [0.1, 0.15) is 23.0 Å². The summed E-state index contributed by atoms with van der Waals surface area (Å²) in [4.78, 5) is -0.704. The van der Waals surface area contributed by atoms with Crippen LogP contribution in [0.2, 0.25) is 0 Å². The first-order valence-corrected chi connectivity index (χ1v) is 6.58. The van der Waals surface area contributed by atoms with E-state index in [1.807, 2.05) is 0 Å². The molecule has 2 rings (SSSR count). The first-order valence-electron chi connectivity index (χ1n) is 5.10. The molecule has 0 aliphatic carbocycles. The lowest BCUT2D eigenvalue weighted by molar-refractivity contribution is 0.446. The fourth-order valence-corrected chi connectivity index (χ4v) is 2.96. The highest BCUT2D eigenvalue weighted by atomic mass is 32.2. The number of phenols is 4. The lowest BCUT2D eigenvalue weighted by Gasteiger charge is -2.07. The van der Waals surface area contributed by atoms with E-state index in [9.17, 15) is 28.8 Å². The molecule has 0 aromatic heterocycles. The van der Waals surface area contributed by atoms with Crippen molar-refractivity contribution in [1.82, 2.24) is 0 Å². The Hall–Kier alpha value is -2.41. The Morgan fingerprint density at radius 1 is 0.579 bits per heavy atom. The van der Waals surface area contributed by atoms with Crippen molar-refractivity contribution >= 4 is 9.84 Å². The first kappa shape index (κ1) is 13.0. The van der Waals surface area contributed by atoms with Gasteiger partial charge in [-0.05, 0) is 24.3 Å². The van der Waals surface area contributed by atoms with Crippen molar-refractivity contribution in [2.45, 2.75) is 9.79 Å². The Balaban J connectivity index is 2.65. The van der Waals surface area contributed by atoms with E-state index in [1.165, 1.54) is 0 Å². The van der Waals surface area contributed by atoms with Crippen molar-refractivity contribution in [2.24, 2.45) is 0 Å². The number of hydrogen-bond donors (Lipinski definition) is 4. The van der Waals surface area contributed by atoms with Gasteiger partial charge in [-0.1, -0.05) is 0 Å². The van der Waals surface area contributed by atoms with Crippen LogP contribution >= 0.6 is 0 Å². The zero-order valence-corrected chi connectivity index (χ0v) is 10.3. The van der Waals surface area contributed by atoms with Gasteiger partial charge >= 0.3 is 0 Å². The van der Waals surface area contributed by atoms with Gasteiger partial charge in [-0.25, -0.2) is 8.42 Å². The topological polar surface area (TPSA) is 115 Å². The number of aromatic hydroxyl groups is 4. The molecule has 7 heteroatoms. The molecule has 0 amide bonds. The van der Waals surface area contributed by atoms with E-state index in [0.29, 0.717) is 0 Å². The van der Waals surface area contributed by atoms with Gasteiger partial charge in [0.2, 0.25) is 9.84 Å². The molecule has 0 atom stereocenters. The zero-order valence-electron chi connectivity index (χ0n) is 9.48. The van der Waals surface area contributed by atoms with E-state index >= 15 is 0 Å². The second-order valence-corrected chi connectivity index (χ2v) is 5.82. The molecule has 2 aromatic rings. The quantitative estimate of drug-likeness (QED) is 0.660. The number of phenolic OH excluding ortho intramolecular Hbond substituents is 4. The van der Waals surface area contributed by atoms with Crippen molar-refractivity contribution in [3.05, 3.63) is 36.4 Å². The third-order valence-corrected chi connectivity index (χ3v) is 4.09. The summed E-state index contributed by atoms with van der Waals surface area (Å²) in [5.41, 5.74) is 0. The van der Waals surface area contributed by atoms with Crippen LogP contribution in [-0.2, 0) is 9.84 Å². The number of hydrogen-bond acceptors (Lipinski definition) is 6. The van der Waals surface area contributed by atoms with E-state index in [4.69, 9.17) is 0 Å². The van der Waals surface area contributed by atoms with Crippen molar-refractivity contribution < 1.29 is 28.8 Å². The summed E-state index contributed by atoms with van der Waals surface area (Å²) in [5.74, 6) is -1.66. The van der Waals surface area contributed by atoms with Crippen LogP contribution in [-0.4, -0.2) is 28.8 Å². The molecule has 2 aromatic carbocycles. The molecule has 0 aliphatic rings. The molecular weight excluding hydrogens is 272 g/mol. The van der Waals surface area contributed by atoms with Crippen LogP contribution in [0.5, 0.6) is 23.0 Å². The van der Waals surface area contributed by atoms with Gasteiger partial charge in [0.05, 0.1) is 9.79 Å². The minimum atomic E-state index is -4.07. The largest absolute Gasteiger partial charge is 0.508 e. The van der Waals surface area contributed by atoms with Crippen LogP contribution in [0.15, 0.2) is 46.2 Å². The molecule has 0 radical (unpaired) electrons. The van der Waals surface area contributed by atoms with Gasteiger partial charge in [0, 0.05) is 12.1 Å². The van der Waals surface area contributed by atoms with Crippen LogP contribution < -0.4 is 0 Å². The SMILES string of the molecule is O=S(=O)(c1cc(O)cc(O)c1)c1cc(O)cc(O)c1. The van der Waals surface area contributed by atoms with Gasteiger partial charge in [0.25, 0.3) is 0 Å². The average molecular weight is 282 g/mol. The fraction of sp³-hybridized carbons (Fsp3) is 0. The predicted molar refractivity (Wildman–Crippen MR) is 65.0 cm³/mol. The summed E-state index contributed by atoms with van der Waals surface area (Å²) in [6.45, 7) is 0. The molecule has 6 nitrogen and oxygen atoms in total. The summed E-state index contributed by atoms with van der Waals surface area (Å²) in [5, 5.41) is 37.2. The van der Waals surface area contributed by atoms with E-state index < -0.39 is 32.8 Å². The average Bonchev–Trinajstić information content (AvgIpc) is 2.26. The van der Waals surface area contributed by atoms with E-state index in [2.05, 4.69) is 0 Å². The standard InChI is InChI=1S/C12H10O6S/c13-7-1-8(14)4-11(3-7)19(17,18)12-5-9(15)2-10(16)6-12/h1-6,13-16H. The van der Waals surface area contributed by atoms with Crippen LogP contribution in [0.4, 0.5) is 0 Å². The Morgan fingerprint density at radius 3 is 1.11 bits per heavy atom. The normalized spacial score (nSPS) is 11.4. The molecule has 0 aliphatic heterocycles.